The lowest BCUT2D eigenvalue weighted by atomic mass is 9.71. The van der Waals surface area contributed by atoms with E-state index in [0.717, 1.165) is 41.6 Å². The first kappa shape index (κ1) is 22.6. The molecule has 0 radical (unpaired) electrons. The van der Waals surface area contributed by atoms with Gasteiger partial charge in [-0.2, -0.15) is 0 Å². The SMILES string of the molecule is C[C@]1(C(=O)O)CC[C@H](CC(=O)N2CCc3c(n(Cc4ccc(F)cc4)c4ncccc34)C2)CC1. The number of fused-ring (bicyclic) bond motifs is 3. The van der Waals surface area contributed by atoms with Crippen molar-refractivity contribution in [3.8, 4) is 0 Å². The zero-order chi connectivity index (χ0) is 23.9. The average molecular weight is 464 g/mol. The molecule has 34 heavy (non-hydrogen) atoms. The van der Waals surface area contributed by atoms with Gasteiger partial charge in [0.2, 0.25) is 5.91 Å². The van der Waals surface area contributed by atoms with Crippen molar-refractivity contribution in [3.63, 3.8) is 0 Å². The molecule has 0 bridgehead atoms. The van der Waals surface area contributed by atoms with Crippen molar-refractivity contribution in [3.05, 3.63) is 65.2 Å². The average Bonchev–Trinajstić information content (AvgIpc) is 3.15. The molecule has 6 nitrogen and oxygen atoms in total. The largest absolute Gasteiger partial charge is 0.481 e. The molecule has 1 amide bonds. The van der Waals surface area contributed by atoms with E-state index in [1.54, 1.807) is 18.3 Å². The molecule has 178 valence electrons. The number of aliphatic carboxylic acids is 1. The Balaban J connectivity index is 1.34. The number of halogens is 1. The second kappa shape index (κ2) is 8.85. The standard InChI is InChI=1S/C27H30FN3O3/c1-27(26(33)34)11-8-18(9-12-27)15-24(32)30-14-10-21-22-3-2-13-29-25(22)31(23(21)17-30)16-19-4-6-20(28)7-5-19/h2-7,13,18H,8-12,14-17H2,1H3,(H,33,34)/t18-,27-. The van der Waals surface area contributed by atoms with Crippen molar-refractivity contribution < 1.29 is 19.1 Å². The second-order valence-electron chi connectivity index (χ2n) is 10.1. The van der Waals surface area contributed by atoms with Gasteiger partial charge in [0.25, 0.3) is 0 Å². The molecule has 5 rings (SSSR count). The van der Waals surface area contributed by atoms with Crippen LogP contribution in [0.25, 0.3) is 11.0 Å². The first-order valence-electron chi connectivity index (χ1n) is 12.0. The number of hydrogen-bond acceptors (Lipinski definition) is 3. The van der Waals surface area contributed by atoms with E-state index in [0.29, 0.717) is 38.9 Å². The summed E-state index contributed by atoms with van der Waals surface area (Å²) < 4.78 is 15.6. The van der Waals surface area contributed by atoms with Gasteiger partial charge in [0.1, 0.15) is 11.5 Å². The van der Waals surface area contributed by atoms with Crippen LogP contribution in [0.3, 0.4) is 0 Å². The third kappa shape index (κ3) is 4.19. The molecule has 1 fully saturated rings. The van der Waals surface area contributed by atoms with Crippen molar-refractivity contribution in [2.75, 3.05) is 6.54 Å². The second-order valence-corrected chi connectivity index (χ2v) is 10.1. The predicted octanol–water partition coefficient (Wildman–Crippen LogP) is 4.78. The third-order valence-corrected chi connectivity index (χ3v) is 7.81. The fourth-order valence-corrected chi connectivity index (χ4v) is 5.52. The van der Waals surface area contributed by atoms with E-state index in [4.69, 9.17) is 0 Å². The lowest BCUT2D eigenvalue weighted by Gasteiger charge is -2.35. The Labute approximate surface area is 198 Å². The molecule has 1 aliphatic carbocycles. The Kier molecular flexibility index (Phi) is 5.88. The lowest BCUT2D eigenvalue weighted by molar-refractivity contribution is -0.150. The van der Waals surface area contributed by atoms with Gasteiger partial charge < -0.3 is 14.6 Å². The minimum atomic E-state index is -0.733. The van der Waals surface area contributed by atoms with Gasteiger partial charge in [-0.05, 0) is 80.3 Å². The predicted molar refractivity (Wildman–Crippen MR) is 127 cm³/mol. The number of carbonyl (C=O) groups excluding carboxylic acids is 1. The fourth-order valence-electron chi connectivity index (χ4n) is 5.52. The number of aromatic nitrogens is 2. The number of amides is 1. The number of hydrogen-bond donors (Lipinski definition) is 1. The maximum absolute atomic E-state index is 13.4. The van der Waals surface area contributed by atoms with Gasteiger partial charge in [-0.3, -0.25) is 9.59 Å². The van der Waals surface area contributed by atoms with Gasteiger partial charge in [-0.1, -0.05) is 12.1 Å². The summed E-state index contributed by atoms with van der Waals surface area (Å²) in [6.45, 7) is 3.59. The van der Waals surface area contributed by atoms with Crippen molar-refractivity contribution in [1.82, 2.24) is 14.5 Å². The van der Waals surface area contributed by atoms with E-state index in [1.807, 2.05) is 17.9 Å². The Morgan fingerprint density at radius 3 is 2.62 bits per heavy atom. The summed E-state index contributed by atoms with van der Waals surface area (Å²) in [4.78, 5) is 31.3. The van der Waals surface area contributed by atoms with Crippen LogP contribution in [0.2, 0.25) is 0 Å². The Morgan fingerprint density at radius 1 is 1.18 bits per heavy atom. The van der Waals surface area contributed by atoms with Gasteiger partial charge in [0, 0.05) is 36.8 Å². The summed E-state index contributed by atoms with van der Waals surface area (Å²) >= 11 is 0. The highest BCUT2D eigenvalue weighted by Crippen LogP contribution is 2.40. The molecular formula is C27H30FN3O3. The number of carboxylic acids is 1. The highest BCUT2D eigenvalue weighted by atomic mass is 19.1. The van der Waals surface area contributed by atoms with E-state index >= 15 is 0 Å². The topological polar surface area (TPSA) is 75.4 Å². The van der Waals surface area contributed by atoms with E-state index in [9.17, 15) is 19.1 Å². The Morgan fingerprint density at radius 2 is 1.91 bits per heavy atom. The summed E-state index contributed by atoms with van der Waals surface area (Å²) in [6.07, 6.45) is 5.85. The molecule has 0 saturated heterocycles. The third-order valence-electron chi connectivity index (χ3n) is 7.81. The zero-order valence-corrected chi connectivity index (χ0v) is 19.5. The first-order chi connectivity index (χ1) is 16.3. The number of rotatable bonds is 5. The van der Waals surface area contributed by atoms with Crippen LogP contribution >= 0.6 is 0 Å². The fraction of sp³-hybridized carbons (Fsp3) is 0.444. The number of benzene rings is 1. The van der Waals surface area contributed by atoms with Crippen LogP contribution in [0.1, 0.15) is 55.8 Å². The molecule has 2 aromatic heterocycles. The molecule has 7 heteroatoms. The van der Waals surface area contributed by atoms with E-state index in [-0.39, 0.29) is 17.6 Å². The normalized spacial score (nSPS) is 22.5. The first-order valence-corrected chi connectivity index (χ1v) is 12.0. The van der Waals surface area contributed by atoms with Crippen LogP contribution < -0.4 is 0 Å². The van der Waals surface area contributed by atoms with Crippen LogP contribution in [-0.2, 0) is 29.1 Å². The molecule has 0 atom stereocenters. The van der Waals surface area contributed by atoms with Crippen LogP contribution in [-0.4, -0.2) is 38.0 Å². The van der Waals surface area contributed by atoms with Crippen molar-refractivity contribution in [2.24, 2.45) is 11.3 Å². The molecule has 1 saturated carbocycles. The smallest absolute Gasteiger partial charge is 0.309 e. The molecule has 2 aliphatic rings. The highest BCUT2D eigenvalue weighted by Gasteiger charge is 2.38. The van der Waals surface area contributed by atoms with Crippen molar-refractivity contribution >= 4 is 22.9 Å². The monoisotopic (exact) mass is 463 g/mol. The molecule has 1 N–H and O–H groups in total. The minimum Gasteiger partial charge on any atom is -0.481 e. The Bertz CT molecular complexity index is 1230. The van der Waals surface area contributed by atoms with Gasteiger partial charge in [-0.15, -0.1) is 0 Å². The lowest BCUT2D eigenvalue weighted by Crippen LogP contribution is -2.39. The molecular weight excluding hydrogens is 433 g/mol. The summed E-state index contributed by atoms with van der Waals surface area (Å²) in [5.41, 5.74) is 3.56. The quantitative estimate of drug-likeness (QED) is 0.591. The molecule has 0 spiro atoms. The number of nitrogens with zero attached hydrogens (tertiary/aromatic N) is 3. The maximum Gasteiger partial charge on any atom is 0.309 e. The van der Waals surface area contributed by atoms with Crippen molar-refractivity contribution in [2.45, 2.75) is 58.5 Å². The van der Waals surface area contributed by atoms with Gasteiger partial charge in [-0.25, -0.2) is 9.37 Å². The molecule has 3 heterocycles. The van der Waals surface area contributed by atoms with Crippen LogP contribution in [0.5, 0.6) is 0 Å². The minimum absolute atomic E-state index is 0.140. The molecule has 1 aromatic carbocycles. The summed E-state index contributed by atoms with van der Waals surface area (Å²) in [5, 5.41) is 10.6. The maximum atomic E-state index is 13.4. The van der Waals surface area contributed by atoms with Gasteiger partial charge >= 0.3 is 5.97 Å². The van der Waals surface area contributed by atoms with Crippen LogP contribution in [0, 0.1) is 17.2 Å². The summed E-state index contributed by atoms with van der Waals surface area (Å²) in [5.74, 6) is -0.609. The van der Waals surface area contributed by atoms with E-state index in [2.05, 4.69) is 15.6 Å². The van der Waals surface area contributed by atoms with Gasteiger partial charge in [0.05, 0.1) is 12.0 Å². The Hall–Kier alpha value is -3.22. The van der Waals surface area contributed by atoms with Crippen LogP contribution in [0.15, 0.2) is 42.6 Å². The number of carbonyl (C=O) groups is 2. The number of carboxylic acid groups (broad SMARTS) is 1. The molecule has 1 aliphatic heterocycles. The van der Waals surface area contributed by atoms with Crippen LogP contribution in [0.4, 0.5) is 4.39 Å². The zero-order valence-electron chi connectivity index (χ0n) is 19.5. The van der Waals surface area contributed by atoms with E-state index in [1.165, 1.54) is 17.7 Å². The summed E-state index contributed by atoms with van der Waals surface area (Å²) in [7, 11) is 0. The number of pyridine rings is 1. The molecule has 0 unspecified atom stereocenters. The van der Waals surface area contributed by atoms with E-state index < -0.39 is 11.4 Å². The summed E-state index contributed by atoms with van der Waals surface area (Å²) in [6, 6.07) is 10.5. The van der Waals surface area contributed by atoms with Crippen molar-refractivity contribution in [1.29, 1.82) is 0 Å². The van der Waals surface area contributed by atoms with Gasteiger partial charge in [0.15, 0.2) is 0 Å². The molecule has 3 aromatic rings. The highest BCUT2D eigenvalue weighted by molar-refractivity contribution is 5.84.